The molecular formula is C12H7BrN2S. The Kier molecular flexibility index (Phi) is 2.46. The monoisotopic (exact) mass is 290 g/mol. The number of thiophene rings is 1. The molecule has 0 N–H and O–H groups in total. The minimum atomic E-state index is 0.875. The average Bonchev–Trinajstić information content (AvgIpc) is 2.73. The summed E-state index contributed by atoms with van der Waals surface area (Å²) in [6, 6.07) is 10.2. The summed E-state index contributed by atoms with van der Waals surface area (Å²) < 4.78 is 0.875. The van der Waals surface area contributed by atoms with Crippen LogP contribution in [0.15, 0.2) is 47.3 Å². The van der Waals surface area contributed by atoms with Gasteiger partial charge in [-0.05, 0) is 40.2 Å². The maximum atomic E-state index is 4.44. The van der Waals surface area contributed by atoms with Crippen molar-refractivity contribution in [3.05, 3.63) is 47.3 Å². The van der Waals surface area contributed by atoms with E-state index in [1.807, 2.05) is 18.3 Å². The van der Waals surface area contributed by atoms with Crippen LogP contribution in [0.25, 0.3) is 20.7 Å². The lowest BCUT2D eigenvalue weighted by atomic mass is 10.2. The third-order valence-corrected chi connectivity index (χ3v) is 3.83. The number of hydrogen-bond acceptors (Lipinski definition) is 3. The second kappa shape index (κ2) is 3.96. The first-order valence-electron chi connectivity index (χ1n) is 4.79. The molecule has 3 aromatic rings. The van der Waals surface area contributed by atoms with Crippen molar-refractivity contribution in [2.24, 2.45) is 0 Å². The number of aromatic nitrogens is 2. The summed E-state index contributed by atoms with van der Waals surface area (Å²) in [6.07, 6.45) is 3.66. The van der Waals surface area contributed by atoms with Gasteiger partial charge in [-0.15, -0.1) is 11.3 Å². The summed E-state index contributed by atoms with van der Waals surface area (Å²) in [7, 11) is 0. The van der Waals surface area contributed by atoms with E-state index in [-0.39, 0.29) is 0 Å². The maximum Gasteiger partial charge on any atom is 0.125 e. The van der Waals surface area contributed by atoms with Crippen LogP contribution in [0.4, 0.5) is 0 Å². The van der Waals surface area contributed by atoms with Crippen molar-refractivity contribution in [1.82, 2.24) is 9.97 Å². The summed E-state index contributed by atoms with van der Waals surface area (Å²) in [5.74, 6) is 0. The van der Waals surface area contributed by atoms with Gasteiger partial charge in [0.2, 0.25) is 0 Å². The molecule has 78 valence electrons. The highest BCUT2D eigenvalue weighted by Gasteiger charge is 2.05. The molecule has 4 heteroatoms. The molecule has 3 rings (SSSR count). The molecule has 0 unspecified atom stereocenters. The van der Waals surface area contributed by atoms with Crippen molar-refractivity contribution >= 4 is 37.5 Å². The number of halogens is 1. The van der Waals surface area contributed by atoms with Crippen molar-refractivity contribution in [2.75, 3.05) is 0 Å². The molecule has 0 aliphatic rings. The maximum absolute atomic E-state index is 4.44. The third-order valence-electron chi connectivity index (χ3n) is 2.30. The van der Waals surface area contributed by atoms with Crippen molar-refractivity contribution < 1.29 is 0 Å². The quantitative estimate of drug-likeness (QED) is 0.630. The van der Waals surface area contributed by atoms with Crippen molar-refractivity contribution in [2.45, 2.75) is 0 Å². The summed E-state index contributed by atoms with van der Waals surface area (Å²) >= 11 is 5.06. The lowest BCUT2D eigenvalue weighted by Gasteiger charge is -1.92. The van der Waals surface area contributed by atoms with Crippen LogP contribution in [0.5, 0.6) is 0 Å². The van der Waals surface area contributed by atoms with Crippen molar-refractivity contribution in [1.29, 1.82) is 0 Å². The molecule has 3 heterocycles. The van der Waals surface area contributed by atoms with Crippen LogP contribution in [0.3, 0.4) is 0 Å². The van der Waals surface area contributed by atoms with Gasteiger partial charge in [0.15, 0.2) is 0 Å². The van der Waals surface area contributed by atoms with Gasteiger partial charge in [0.25, 0.3) is 0 Å². The Labute approximate surface area is 105 Å². The molecule has 16 heavy (non-hydrogen) atoms. The van der Waals surface area contributed by atoms with Gasteiger partial charge in [-0.25, -0.2) is 4.98 Å². The molecule has 3 aromatic heterocycles. The van der Waals surface area contributed by atoms with Crippen LogP contribution >= 0.6 is 27.3 Å². The average molecular weight is 291 g/mol. The molecule has 0 spiro atoms. The van der Waals surface area contributed by atoms with Crippen LogP contribution in [0.2, 0.25) is 0 Å². The molecule has 0 saturated heterocycles. The topological polar surface area (TPSA) is 25.8 Å². The summed E-state index contributed by atoms with van der Waals surface area (Å²) in [4.78, 5) is 10.8. The van der Waals surface area contributed by atoms with Crippen LogP contribution in [-0.4, -0.2) is 9.97 Å². The zero-order valence-electron chi connectivity index (χ0n) is 8.22. The Morgan fingerprint density at radius 3 is 2.94 bits per heavy atom. The Bertz CT molecular complexity index is 634. The first-order chi connectivity index (χ1) is 7.83. The normalized spacial score (nSPS) is 10.8. The van der Waals surface area contributed by atoms with E-state index in [0.717, 1.165) is 15.0 Å². The second-order valence-electron chi connectivity index (χ2n) is 3.38. The van der Waals surface area contributed by atoms with E-state index in [2.05, 4.69) is 44.1 Å². The molecule has 0 saturated carbocycles. The van der Waals surface area contributed by atoms with Crippen LogP contribution in [0, 0.1) is 0 Å². The molecule has 0 aliphatic carbocycles. The number of pyridine rings is 2. The predicted octanol–water partition coefficient (Wildman–Crippen LogP) is 4.12. The molecule has 0 atom stereocenters. The lowest BCUT2D eigenvalue weighted by molar-refractivity contribution is 1.33. The minimum absolute atomic E-state index is 0.875. The predicted molar refractivity (Wildman–Crippen MR) is 70.6 cm³/mol. The van der Waals surface area contributed by atoms with E-state index in [4.69, 9.17) is 0 Å². The zero-order chi connectivity index (χ0) is 11.0. The van der Waals surface area contributed by atoms with Gasteiger partial charge in [-0.1, -0.05) is 6.07 Å². The Morgan fingerprint density at radius 1 is 1.19 bits per heavy atom. The van der Waals surface area contributed by atoms with Crippen LogP contribution in [-0.2, 0) is 0 Å². The van der Waals surface area contributed by atoms with E-state index < -0.39 is 0 Å². The minimum Gasteiger partial charge on any atom is -0.264 e. The van der Waals surface area contributed by atoms with Gasteiger partial charge in [0.05, 0.1) is 0 Å². The van der Waals surface area contributed by atoms with Gasteiger partial charge >= 0.3 is 0 Å². The first kappa shape index (κ1) is 9.93. The van der Waals surface area contributed by atoms with Gasteiger partial charge < -0.3 is 0 Å². The summed E-state index contributed by atoms with van der Waals surface area (Å²) in [5, 5.41) is 1.17. The second-order valence-corrected chi connectivity index (χ2v) is 5.22. The fraction of sp³-hybridized carbons (Fsp3) is 0. The Balaban J connectivity index is 2.19. The highest BCUT2D eigenvalue weighted by Crippen LogP contribution is 2.32. The Morgan fingerprint density at radius 2 is 2.12 bits per heavy atom. The largest absolute Gasteiger partial charge is 0.264 e. The van der Waals surface area contributed by atoms with E-state index in [1.54, 1.807) is 17.5 Å². The van der Waals surface area contributed by atoms with Crippen LogP contribution in [0.1, 0.15) is 0 Å². The van der Waals surface area contributed by atoms with Crippen molar-refractivity contribution in [3.63, 3.8) is 0 Å². The molecule has 0 radical (unpaired) electrons. The van der Waals surface area contributed by atoms with Crippen molar-refractivity contribution in [3.8, 4) is 10.4 Å². The smallest absolute Gasteiger partial charge is 0.125 e. The van der Waals surface area contributed by atoms with Crippen LogP contribution < -0.4 is 0 Å². The van der Waals surface area contributed by atoms with Gasteiger partial charge in [0, 0.05) is 28.2 Å². The molecule has 0 fully saturated rings. The summed E-state index contributed by atoms with van der Waals surface area (Å²) in [6.45, 7) is 0. The summed E-state index contributed by atoms with van der Waals surface area (Å²) in [5.41, 5.74) is 1.14. The molecule has 0 aliphatic heterocycles. The van der Waals surface area contributed by atoms with Gasteiger partial charge in [-0.2, -0.15) is 0 Å². The number of fused-ring (bicyclic) bond motifs is 1. The zero-order valence-corrected chi connectivity index (χ0v) is 10.6. The van der Waals surface area contributed by atoms with E-state index >= 15 is 0 Å². The fourth-order valence-electron chi connectivity index (χ4n) is 1.55. The lowest BCUT2D eigenvalue weighted by Crippen LogP contribution is -1.72. The van der Waals surface area contributed by atoms with Gasteiger partial charge in [0.1, 0.15) is 9.43 Å². The molecule has 0 amide bonds. The molecule has 0 bridgehead atoms. The van der Waals surface area contributed by atoms with E-state index in [0.29, 0.717) is 0 Å². The third kappa shape index (κ3) is 1.74. The number of rotatable bonds is 1. The fourth-order valence-corrected chi connectivity index (χ4v) is 2.99. The van der Waals surface area contributed by atoms with Gasteiger partial charge in [-0.3, -0.25) is 4.98 Å². The highest BCUT2D eigenvalue weighted by molar-refractivity contribution is 9.10. The number of hydrogen-bond donors (Lipinski definition) is 0. The standard InChI is InChI=1S/C12H7BrN2S/c13-11-4-3-8-6-10(16-12(8)15-11)9-2-1-5-14-7-9/h1-7H. The first-order valence-corrected chi connectivity index (χ1v) is 6.40. The van der Waals surface area contributed by atoms with E-state index in [1.165, 1.54) is 10.3 Å². The molecule has 0 aromatic carbocycles. The number of nitrogens with zero attached hydrogens (tertiary/aromatic N) is 2. The molecular weight excluding hydrogens is 284 g/mol. The molecule has 2 nitrogen and oxygen atoms in total. The Hall–Kier alpha value is -1.26. The SMILES string of the molecule is Brc1ccc2cc(-c3cccnc3)sc2n1. The highest BCUT2D eigenvalue weighted by atomic mass is 79.9. The van der Waals surface area contributed by atoms with E-state index in [9.17, 15) is 0 Å².